The zero-order valence-electron chi connectivity index (χ0n) is 19.7. The standard InChI is InChI=1S/C25H54P.BrH/c1-5-9-13-17-21-25-26(22-18-14-10-6-2,23-19-15-11-7-3)24-20-16-12-8-4;/h5-25H2,1-4H3;1H/q+1;/p-1. The lowest BCUT2D eigenvalue weighted by Crippen LogP contribution is -3.00. The molecule has 0 bridgehead atoms. The topological polar surface area (TPSA) is 0 Å². The fourth-order valence-electron chi connectivity index (χ4n) is 4.34. The van der Waals surface area contributed by atoms with E-state index >= 15 is 0 Å². The second kappa shape index (κ2) is 23.2. The average molecular weight is 466 g/mol. The number of hydrogen-bond donors (Lipinski definition) is 0. The second-order valence-corrected chi connectivity index (χ2v) is 13.3. The maximum Gasteiger partial charge on any atom is 0.0594 e. The maximum absolute atomic E-state index is 2.35. The molecule has 0 heterocycles. The van der Waals surface area contributed by atoms with Gasteiger partial charge in [-0.1, -0.05) is 85.5 Å². The van der Waals surface area contributed by atoms with E-state index in [2.05, 4.69) is 27.7 Å². The molecule has 0 saturated carbocycles. The Morgan fingerprint density at radius 3 is 0.815 bits per heavy atom. The summed E-state index contributed by atoms with van der Waals surface area (Å²) in [6.45, 7) is 9.40. The van der Waals surface area contributed by atoms with Gasteiger partial charge >= 0.3 is 0 Å². The van der Waals surface area contributed by atoms with Crippen LogP contribution in [-0.2, 0) is 0 Å². The van der Waals surface area contributed by atoms with E-state index in [9.17, 15) is 0 Å². The third-order valence-corrected chi connectivity index (χ3v) is 11.3. The summed E-state index contributed by atoms with van der Waals surface area (Å²) in [7, 11) is -0.665. The van der Waals surface area contributed by atoms with Crippen molar-refractivity contribution in [2.45, 2.75) is 137 Å². The molecule has 166 valence electrons. The van der Waals surface area contributed by atoms with Crippen molar-refractivity contribution in [3.8, 4) is 0 Å². The zero-order valence-corrected chi connectivity index (χ0v) is 22.2. The molecule has 2 heteroatoms. The number of rotatable bonds is 21. The van der Waals surface area contributed by atoms with Crippen molar-refractivity contribution in [3.63, 3.8) is 0 Å². The van der Waals surface area contributed by atoms with Crippen LogP contribution in [0.25, 0.3) is 0 Å². The van der Waals surface area contributed by atoms with E-state index in [1.165, 1.54) is 103 Å². The van der Waals surface area contributed by atoms with Gasteiger partial charge < -0.3 is 17.0 Å². The summed E-state index contributed by atoms with van der Waals surface area (Å²) in [5.41, 5.74) is 0. The summed E-state index contributed by atoms with van der Waals surface area (Å²) >= 11 is 0. The minimum absolute atomic E-state index is 0. The van der Waals surface area contributed by atoms with Crippen LogP contribution in [0.5, 0.6) is 0 Å². The third kappa shape index (κ3) is 18.7. The minimum Gasteiger partial charge on any atom is -1.00 e. The van der Waals surface area contributed by atoms with E-state index in [0.29, 0.717) is 0 Å². The molecule has 0 atom stereocenters. The highest BCUT2D eigenvalue weighted by Crippen LogP contribution is 2.61. The fraction of sp³-hybridized carbons (Fsp3) is 1.00. The van der Waals surface area contributed by atoms with Gasteiger partial charge in [-0.25, -0.2) is 0 Å². The lowest BCUT2D eigenvalue weighted by atomic mass is 10.2. The minimum atomic E-state index is -0.665. The highest BCUT2D eigenvalue weighted by atomic mass is 79.9. The molecule has 0 radical (unpaired) electrons. The zero-order chi connectivity index (χ0) is 19.3. The van der Waals surface area contributed by atoms with Crippen molar-refractivity contribution in [1.29, 1.82) is 0 Å². The molecule has 0 fully saturated rings. The first-order valence-electron chi connectivity index (χ1n) is 12.6. The van der Waals surface area contributed by atoms with Gasteiger partial charge in [0.25, 0.3) is 0 Å². The van der Waals surface area contributed by atoms with Crippen LogP contribution in [0, 0.1) is 0 Å². The predicted molar refractivity (Wildman–Crippen MR) is 128 cm³/mol. The maximum atomic E-state index is 2.35. The van der Waals surface area contributed by atoms with Crippen LogP contribution < -0.4 is 17.0 Å². The molecule has 27 heavy (non-hydrogen) atoms. The van der Waals surface area contributed by atoms with Crippen LogP contribution in [0.2, 0.25) is 0 Å². The molecule has 0 saturated heterocycles. The molecule has 0 aliphatic heterocycles. The van der Waals surface area contributed by atoms with Gasteiger partial charge in [0, 0.05) is 7.26 Å². The fourth-order valence-corrected chi connectivity index (χ4v) is 9.26. The van der Waals surface area contributed by atoms with Crippen LogP contribution in [0.15, 0.2) is 0 Å². The lowest BCUT2D eigenvalue weighted by molar-refractivity contribution is -0.00000602. The number of unbranched alkanes of at least 4 members (excludes halogenated alkanes) is 13. The Kier molecular flexibility index (Phi) is 25.9. The Morgan fingerprint density at radius 2 is 0.556 bits per heavy atom. The van der Waals surface area contributed by atoms with Crippen molar-refractivity contribution in [2.75, 3.05) is 24.6 Å². The molecule has 0 aliphatic rings. The Bertz CT molecular complexity index is 236. The van der Waals surface area contributed by atoms with Crippen molar-refractivity contribution in [2.24, 2.45) is 0 Å². The monoisotopic (exact) mass is 464 g/mol. The van der Waals surface area contributed by atoms with Crippen molar-refractivity contribution < 1.29 is 17.0 Å². The molecule has 0 nitrogen and oxygen atoms in total. The van der Waals surface area contributed by atoms with E-state index in [1.807, 2.05) is 0 Å². The third-order valence-electron chi connectivity index (χ3n) is 6.19. The predicted octanol–water partition coefficient (Wildman–Crippen LogP) is 6.72. The molecule has 0 spiro atoms. The Labute approximate surface area is 185 Å². The normalized spacial score (nSPS) is 11.6. The summed E-state index contributed by atoms with van der Waals surface area (Å²) < 4.78 is 0. The first kappa shape index (κ1) is 30.1. The van der Waals surface area contributed by atoms with Gasteiger partial charge in [-0.2, -0.15) is 0 Å². The van der Waals surface area contributed by atoms with Crippen molar-refractivity contribution in [1.82, 2.24) is 0 Å². The van der Waals surface area contributed by atoms with Crippen LogP contribution >= 0.6 is 7.26 Å². The van der Waals surface area contributed by atoms with Gasteiger partial charge in [-0.15, -0.1) is 0 Å². The van der Waals surface area contributed by atoms with Gasteiger partial charge in [0.2, 0.25) is 0 Å². The largest absolute Gasteiger partial charge is 1.00 e. The van der Waals surface area contributed by atoms with Crippen molar-refractivity contribution in [3.05, 3.63) is 0 Å². The van der Waals surface area contributed by atoms with Crippen LogP contribution in [-0.4, -0.2) is 24.6 Å². The molecule has 0 aromatic rings. The van der Waals surface area contributed by atoms with Gasteiger partial charge in [-0.05, 0) is 51.4 Å². The molecular weight excluding hydrogens is 411 g/mol. The summed E-state index contributed by atoms with van der Waals surface area (Å²) in [4.78, 5) is 0. The highest BCUT2D eigenvalue weighted by molar-refractivity contribution is 7.75. The number of halogens is 1. The van der Waals surface area contributed by atoms with Gasteiger partial charge in [-0.3, -0.25) is 0 Å². The SMILES string of the molecule is CCCCCCC[P+](CCCCCC)(CCCCCC)CCCCCC.[Br-]. The van der Waals surface area contributed by atoms with E-state index in [4.69, 9.17) is 0 Å². The quantitative estimate of drug-likeness (QED) is 0.130. The highest BCUT2D eigenvalue weighted by Gasteiger charge is 2.34. The van der Waals surface area contributed by atoms with Crippen LogP contribution in [0.1, 0.15) is 137 Å². The van der Waals surface area contributed by atoms with Crippen LogP contribution in [0.4, 0.5) is 0 Å². The first-order valence-corrected chi connectivity index (χ1v) is 15.1. The molecular formula is C25H54BrP. The molecule has 0 aliphatic carbocycles. The summed E-state index contributed by atoms with van der Waals surface area (Å²) in [5, 5.41) is 0. The Morgan fingerprint density at radius 1 is 0.333 bits per heavy atom. The summed E-state index contributed by atoms with van der Waals surface area (Å²) in [5.74, 6) is 0. The molecule has 0 aromatic heterocycles. The molecule has 0 aromatic carbocycles. The van der Waals surface area contributed by atoms with Gasteiger partial charge in [0.05, 0.1) is 24.6 Å². The number of hydrogen-bond acceptors (Lipinski definition) is 0. The second-order valence-electron chi connectivity index (χ2n) is 8.83. The van der Waals surface area contributed by atoms with E-state index in [-0.39, 0.29) is 17.0 Å². The van der Waals surface area contributed by atoms with Gasteiger partial charge in [0.1, 0.15) is 0 Å². The van der Waals surface area contributed by atoms with Crippen LogP contribution in [0.3, 0.4) is 0 Å². The Hall–Kier alpha value is 0.910. The Balaban J connectivity index is 0. The van der Waals surface area contributed by atoms with Gasteiger partial charge in [0.15, 0.2) is 0 Å². The van der Waals surface area contributed by atoms with E-state index in [1.54, 1.807) is 31.1 Å². The molecule has 0 rings (SSSR count). The lowest BCUT2D eigenvalue weighted by Gasteiger charge is -2.28. The van der Waals surface area contributed by atoms with E-state index < -0.39 is 7.26 Å². The molecule has 0 amide bonds. The molecule has 0 unspecified atom stereocenters. The smallest absolute Gasteiger partial charge is 0.0594 e. The van der Waals surface area contributed by atoms with Crippen molar-refractivity contribution >= 4 is 7.26 Å². The average Bonchev–Trinajstić information content (AvgIpc) is 2.65. The first-order chi connectivity index (χ1) is 12.7. The summed E-state index contributed by atoms with van der Waals surface area (Å²) in [6.07, 6.45) is 31.6. The summed E-state index contributed by atoms with van der Waals surface area (Å²) in [6, 6.07) is 0. The molecule has 0 N–H and O–H groups in total. The van der Waals surface area contributed by atoms with E-state index in [0.717, 1.165) is 0 Å².